The zero-order valence-electron chi connectivity index (χ0n) is 75.0. The van der Waals surface area contributed by atoms with Crippen molar-refractivity contribution in [1.82, 2.24) is 99.5 Å². The number of carboxylic acid groups (broad SMARTS) is 2. The molecule has 2 saturated heterocycles. The van der Waals surface area contributed by atoms with Gasteiger partial charge in [-0.1, -0.05) is 86.6 Å². The number of phenolic OH excluding ortho intramolecular Hbond substituents is 1. The van der Waals surface area contributed by atoms with Crippen LogP contribution in [0, 0.1) is 11.3 Å². The molecule has 4 aromatic rings. The molecule has 736 valence electrons. The van der Waals surface area contributed by atoms with Gasteiger partial charge in [0.1, 0.15) is 78.3 Å². The molecular formula is C86H123N25O24. The Labute approximate surface area is 775 Å². The lowest BCUT2D eigenvalue weighted by Gasteiger charge is -2.31. The van der Waals surface area contributed by atoms with Crippen molar-refractivity contribution < 1.29 is 116 Å². The number of phenols is 1. The van der Waals surface area contributed by atoms with Gasteiger partial charge in [-0.25, -0.2) is 9.78 Å². The topological polar surface area (TPSA) is 792 Å². The molecule has 14 atom stereocenters. The number of aliphatic carboxylic acids is 2. The highest BCUT2D eigenvalue weighted by Crippen LogP contribution is 2.23. The second-order valence-corrected chi connectivity index (χ2v) is 32.9. The third-order valence-electron chi connectivity index (χ3n) is 21.6. The highest BCUT2D eigenvalue weighted by molar-refractivity contribution is 6.02. The van der Waals surface area contributed by atoms with Crippen molar-refractivity contribution >= 4 is 124 Å². The number of primary amides is 2. The summed E-state index contributed by atoms with van der Waals surface area (Å²) >= 11 is 0. The molecule has 0 aliphatic carbocycles. The normalized spacial score (nSPS) is 15.9. The lowest BCUT2D eigenvalue weighted by atomic mass is 10.0. The Morgan fingerprint density at radius 3 is 1.50 bits per heavy atom. The number of hydrogen-bond donors (Lipinski definition) is 26. The van der Waals surface area contributed by atoms with Crippen molar-refractivity contribution in [1.29, 1.82) is 5.41 Å². The summed E-state index contributed by atoms with van der Waals surface area (Å²) in [6.07, 6.45) is -1.33. The number of aliphatic hydroxyl groups is 1. The van der Waals surface area contributed by atoms with E-state index in [1.165, 1.54) is 41.7 Å². The number of unbranched alkanes of at least 4 members (excludes halogenated alkanes) is 1. The molecule has 135 heavy (non-hydrogen) atoms. The summed E-state index contributed by atoms with van der Waals surface area (Å²) < 4.78 is 0. The number of carbonyl (C=O) groups excluding carboxylic acids is 18. The number of aromatic nitrogens is 2. The van der Waals surface area contributed by atoms with Gasteiger partial charge in [0.2, 0.25) is 106 Å². The number of aromatic hydroxyl groups is 1. The van der Waals surface area contributed by atoms with E-state index in [1.807, 2.05) is 0 Å². The smallest absolute Gasteiger partial charge is 0.326 e. The van der Waals surface area contributed by atoms with E-state index >= 15 is 0 Å². The van der Waals surface area contributed by atoms with E-state index in [-0.39, 0.29) is 133 Å². The molecule has 3 heterocycles. The molecule has 31 N–H and O–H groups in total. The number of H-pyrrole nitrogens is 1. The van der Waals surface area contributed by atoms with Crippen LogP contribution in [-0.2, 0) is 122 Å². The van der Waals surface area contributed by atoms with Crippen LogP contribution < -0.4 is 108 Å². The average molecular weight is 1890 g/mol. The molecule has 0 bridgehead atoms. The van der Waals surface area contributed by atoms with Gasteiger partial charge >= 0.3 is 11.9 Å². The minimum Gasteiger partial charge on any atom is -0.508 e. The number of aliphatic hydroxyl groups excluding tert-OH is 1. The van der Waals surface area contributed by atoms with Crippen LogP contribution in [0.4, 0.5) is 0 Å². The summed E-state index contributed by atoms with van der Waals surface area (Å²) in [5, 5.41) is 84.9. The fraction of sp³-hybridized carbons (Fsp3) is 0.512. The number of rotatable bonds is 57. The molecule has 1 aromatic heterocycles. The maximum Gasteiger partial charge on any atom is 0.326 e. The molecule has 49 nitrogen and oxygen atoms in total. The first-order chi connectivity index (χ1) is 64.1. The maximum atomic E-state index is 15.0. The van der Waals surface area contributed by atoms with E-state index in [0.29, 0.717) is 29.5 Å². The van der Waals surface area contributed by atoms with E-state index < -0.39 is 248 Å². The summed E-state index contributed by atoms with van der Waals surface area (Å²) in [7, 11) is 0. The Bertz CT molecular complexity index is 4780. The first-order valence-electron chi connectivity index (χ1n) is 43.9. The second-order valence-electron chi connectivity index (χ2n) is 32.9. The number of imidazole rings is 1. The SMILES string of the molecule is CC(C)C[C@H](NC(=O)CNC(=O)CNC(=O)[C@H](Cc1ccccc1)NC(=O)[C@H](Cc1cnc[nH]1)NC(=O)CNC(=O)[C@@H](NC(=O)[C@H](CC(=O)O)NC(=O)[C@H](Cc1ccccc1)NC(=O)[C@H](CCCNC(=N)N)NC(=O)[C@@H](N)CCC(N)=O)[C@@H](C)O)C(=O)N[C@@H](Cc1ccc(O)cc1)C(=O)N1CCC[C@H]1C(=O)N[C@@H](CCCCN)C(=O)N[C@@H](CC(N)=O)C(=O)NCC(=O)N1CCC[C@H]1C(=O)O. The molecule has 18 amide bonds. The summed E-state index contributed by atoms with van der Waals surface area (Å²) in [4.78, 5) is 281. The number of carbonyl (C=O) groups is 20. The molecule has 2 aliphatic heterocycles. The molecule has 3 aromatic carbocycles. The maximum absolute atomic E-state index is 15.0. The van der Waals surface area contributed by atoms with Crippen LogP contribution in [-0.4, -0.2) is 301 Å². The standard InChI is InChI=1S/C86H123N25O24/c1-46(2)33-56(78(127)108-62(36-50-23-25-52(113)26-24-50)84(133)111-32-13-21-63(111)82(131)103-54(19-10-11-29-87)76(125)106-60(38-66(90)115)75(124)98-44-70(119)110-31-14-22-64(110)85(134)135)100-68(117)42-95-67(116)41-96-74(123)57(34-48-15-6-4-7-16-48)104-80(129)59(37-51-40-93-45-99-51)101-69(118)43-97-83(132)72(47(3)112)109-81(130)61(39-71(120)121)107-79(128)58(35-49-17-8-5-9-18-49)105-77(126)55(20-12-30-94-86(91)92)102-73(122)53(88)27-28-65(89)114/h4-9,15-18,23-26,40,45-47,53-64,72,112-113H,10-14,19-22,27-39,41-44,87-88H2,1-3H3,(H2,89,114)(H2,90,115)(H,93,99)(H,95,116)(H,96,123)(H,97,132)(H,98,124)(H,100,117)(H,101,118)(H,102,122)(H,103,131)(H,104,129)(H,105,126)(H,106,125)(H,107,128)(H,108,127)(H,109,130)(H,120,121)(H,134,135)(H4,91,92,94)/t47-,53+,54+,55+,56+,57+,58+,59+,60+,61+,62+,63+,64+,72+/m1/s1. The van der Waals surface area contributed by atoms with Gasteiger partial charge < -0.3 is 144 Å². The fourth-order valence-electron chi connectivity index (χ4n) is 14.6. The van der Waals surface area contributed by atoms with Crippen molar-refractivity contribution in [3.8, 4) is 5.75 Å². The number of aromatic amines is 1. The van der Waals surface area contributed by atoms with Gasteiger partial charge in [0.05, 0.1) is 57.5 Å². The summed E-state index contributed by atoms with van der Waals surface area (Å²) in [5.41, 5.74) is 29.5. The Morgan fingerprint density at radius 1 is 0.474 bits per heavy atom. The number of amides is 18. The lowest BCUT2D eigenvalue weighted by Crippen LogP contribution is -2.61. The van der Waals surface area contributed by atoms with Crippen LogP contribution >= 0.6 is 0 Å². The van der Waals surface area contributed by atoms with Gasteiger partial charge in [-0.3, -0.25) is 96.5 Å². The Morgan fingerprint density at radius 2 is 0.948 bits per heavy atom. The number of likely N-dealkylation sites (tertiary alicyclic amines) is 2. The first-order valence-corrected chi connectivity index (χ1v) is 43.9. The van der Waals surface area contributed by atoms with Crippen molar-refractivity contribution in [2.75, 3.05) is 52.4 Å². The molecule has 0 spiro atoms. The third kappa shape index (κ3) is 38.1. The van der Waals surface area contributed by atoms with E-state index in [0.717, 1.165) is 11.8 Å². The predicted octanol–water partition coefficient (Wildman–Crippen LogP) is -8.47. The van der Waals surface area contributed by atoms with Crippen LogP contribution in [0.5, 0.6) is 5.75 Å². The number of nitrogens with zero attached hydrogens (tertiary/aromatic N) is 3. The average Bonchev–Trinajstić information content (AvgIpc) is 1.70. The number of nitrogens with two attached hydrogens (primary N) is 5. The van der Waals surface area contributed by atoms with Gasteiger partial charge in [0.15, 0.2) is 5.96 Å². The van der Waals surface area contributed by atoms with Crippen molar-refractivity contribution in [2.24, 2.45) is 34.6 Å². The fourth-order valence-corrected chi connectivity index (χ4v) is 14.6. The van der Waals surface area contributed by atoms with Crippen LogP contribution in [0.1, 0.15) is 133 Å². The summed E-state index contributed by atoms with van der Waals surface area (Å²) in [6.45, 7) is 1.54. The zero-order valence-corrected chi connectivity index (χ0v) is 75.0. The number of guanidine groups is 1. The van der Waals surface area contributed by atoms with E-state index in [4.69, 9.17) is 34.1 Å². The Kier molecular flexibility index (Phi) is 44.8. The molecule has 49 heteroatoms. The monoisotopic (exact) mass is 1890 g/mol. The summed E-state index contributed by atoms with van der Waals surface area (Å²) in [6, 6.07) is 1.97. The van der Waals surface area contributed by atoms with Crippen LogP contribution in [0.15, 0.2) is 97.5 Å². The number of benzene rings is 3. The van der Waals surface area contributed by atoms with Gasteiger partial charge in [-0.15, -0.1) is 0 Å². The molecule has 0 radical (unpaired) electrons. The zero-order chi connectivity index (χ0) is 99.5. The largest absolute Gasteiger partial charge is 0.508 e. The van der Waals surface area contributed by atoms with Crippen molar-refractivity contribution in [3.05, 3.63) is 120 Å². The Balaban J connectivity index is 1.10. The van der Waals surface area contributed by atoms with E-state index in [9.17, 15) is 116 Å². The molecule has 6 rings (SSSR count). The number of hydrogen-bond acceptors (Lipinski definition) is 26. The van der Waals surface area contributed by atoms with Crippen LogP contribution in [0.3, 0.4) is 0 Å². The second kappa shape index (κ2) is 55.5. The van der Waals surface area contributed by atoms with Crippen LogP contribution in [0.25, 0.3) is 0 Å². The molecule has 2 aliphatic rings. The van der Waals surface area contributed by atoms with Crippen molar-refractivity contribution in [2.45, 2.75) is 221 Å². The van der Waals surface area contributed by atoms with E-state index in [2.05, 4.69) is 89.7 Å². The summed E-state index contributed by atoms with van der Waals surface area (Å²) in [5.74, 6) is -21.3. The molecule has 2 fully saturated rings. The third-order valence-corrected chi connectivity index (χ3v) is 21.6. The van der Waals surface area contributed by atoms with Gasteiger partial charge in [-0.2, -0.15) is 0 Å². The number of nitrogens with one attached hydrogen (secondary N) is 17. The molecular weight excluding hydrogens is 1770 g/mol. The Hall–Kier alpha value is -14.8. The lowest BCUT2D eigenvalue weighted by molar-refractivity contribution is -0.148. The quantitative estimate of drug-likeness (QED) is 0.0111. The highest BCUT2D eigenvalue weighted by atomic mass is 16.4. The first kappa shape index (κ1) is 109. The number of carboxylic acids is 2. The molecule has 0 unspecified atom stereocenters. The van der Waals surface area contributed by atoms with Gasteiger partial charge in [0.25, 0.3) is 0 Å². The van der Waals surface area contributed by atoms with Crippen molar-refractivity contribution in [3.63, 3.8) is 0 Å². The minimum atomic E-state index is -2.05. The van der Waals surface area contributed by atoms with E-state index in [1.54, 1.807) is 74.5 Å². The molecule has 0 saturated carbocycles. The van der Waals surface area contributed by atoms with Gasteiger partial charge in [-0.05, 0) is 119 Å². The predicted molar refractivity (Wildman–Crippen MR) is 479 cm³/mol. The minimum absolute atomic E-state index is 0.0310. The van der Waals surface area contributed by atoms with Crippen LogP contribution in [0.2, 0.25) is 0 Å². The highest BCUT2D eigenvalue weighted by Gasteiger charge is 2.43. The van der Waals surface area contributed by atoms with Gasteiger partial charge in [0, 0.05) is 63.6 Å².